The third-order valence-electron chi connectivity index (χ3n) is 4.89. The summed E-state index contributed by atoms with van der Waals surface area (Å²) in [6, 6.07) is 21.4. The van der Waals surface area contributed by atoms with Crippen LogP contribution in [0.1, 0.15) is 31.1 Å². The van der Waals surface area contributed by atoms with Gasteiger partial charge in [-0.1, -0.05) is 73.2 Å². The highest BCUT2D eigenvalue weighted by molar-refractivity contribution is 7.64. The molecule has 1 unspecified atom stereocenters. The molecular weight excluding hydrogens is 275 g/mol. The van der Waals surface area contributed by atoms with Gasteiger partial charge in [-0.3, -0.25) is 0 Å². The van der Waals surface area contributed by atoms with E-state index in [1.165, 1.54) is 22.0 Å². The Labute approximate surface area is 127 Å². The summed E-state index contributed by atoms with van der Waals surface area (Å²) >= 11 is 0. The van der Waals surface area contributed by atoms with Crippen molar-refractivity contribution in [3.63, 3.8) is 0 Å². The Balaban J connectivity index is 1.78. The SMILES string of the molecule is CC1=C(c2ccccc2)P2C[C@@]1(C)[C@H](c1ccccc1)O2. The van der Waals surface area contributed by atoms with Crippen LogP contribution >= 0.6 is 8.15 Å². The van der Waals surface area contributed by atoms with Gasteiger partial charge in [0.05, 0.1) is 14.3 Å². The fraction of sp³-hybridized carbons (Fsp3) is 0.263. The molecule has 0 aromatic heterocycles. The normalized spacial score (nSPS) is 31.0. The van der Waals surface area contributed by atoms with E-state index in [-0.39, 0.29) is 11.5 Å². The van der Waals surface area contributed by atoms with Crippen molar-refractivity contribution in [3.8, 4) is 0 Å². The first kappa shape index (κ1) is 13.2. The van der Waals surface area contributed by atoms with Crippen molar-refractivity contribution in [1.29, 1.82) is 0 Å². The van der Waals surface area contributed by atoms with E-state index in [1.807, 2.05) is 0 Å². The second-order valence-corrected chi connectivity index (χ2v) is 7.92. The lowest BCUT2D eigenvalue weighted by atomic mass is 9.76. The summed E-state index contributed by atoms with van der Waals surface area (Å²) in [5, 5.41) is 1.47. The van der Waals surface area contributed by atoms with Crippen LogP contribution in [0.2, 0.25) is 0 Å². The van der Waals surface area contributed by atoms with Crippen LogP contribution in [0.3, 0.4) is 0 Å². The Morgan fingerprint density at radius 3 is 2.24 bits per heavy atom. The van der Waals surface area contributed by atoms with Gasteiger partial charge in [-0.25, -0.2) is 0 Å². The third-order valence-corrected chi connectivity index (χ3v) is 7.40. The van der Waals surface area contributed by atoms with Crippen molar-refractivity contribution in [2.45, 2.75) is 20.0 Å². The number of hydrogen-bond acceptors (Lipinski definition) is 1. The van der Waals surface area contributed by atoms with Gasteiger partial charge < -0.3 is 4.52 Å². The zero-order valence-electron chi connectivity index (χ0n) is 12.4. The minimum absolute atomic E-state index is 0.151. The van der Waals surface area contributed by atoms with Gasteiger partial charge >= 0.3 is 0 Å². The van der Waals surface area contributed by atoms with E-state index < -0.39 is 8.15 Å². The predicted octanol–water partition coefficient (Wildman–Crippen LogP) is 5.61. The summed E-state index contributed by atoms with van der Waals surface area (Å²) in [5.74, 6) is 0. The average molecular weight is 294 g/mol. The van der Waals surface area contributed by atoms with Crippen molar-refractivity contribution in [1.82, 2.24) is 0 Å². The maximum absolute atomic E-state index is 6.49. The van der Waals surface area contributed by atoms with Gasteiger partial charge in [0.15, 0.2) is 0 Å². The lowest BCUT2D eigenvalue weighted by Crippen LogP contribution is -2.24. The second kappa shape index (κ2) is 4.80. The molecule has 1 nitrogen and oxygen atoms in total. The third kappa shape index (κ3) is 1.92. The van der Waals surface area contributed by atoms with Crippen LogP contribution < -0.4 is 0 Å². The first-order valence-corrected chi connectivity index (χ1v) is 8.91. The number of rotatable bonds is 2. The summed E-state index contributed by atoms with van der Waals surface area (Å²) in [6.07, 6.45) is 1.38. The van der Waals surface area contributed by atoms with E-state index in [9.17, 15) is 0 Å². The molecule has 1 fully saturated rings. The van der Waals surface area contributed by atoms with Crippen LogP contribution in [0.15, 0.2) is 66.2 Å². The molecule has 0 spiro atoms. The highest BCUT2D eigenvalue weighted by Gasteiger charge is 2.54. The summed E-state index contributed by atoms with van der Waals surface area (Å²) in [7, 11) is -0.480. The number of hydrogen-bond donors (Lipinski definition) is 0. The van der Waals surface area contributed by atoms with E-state index in [2.05, 4.69) is 74.5 Å². The largest absolute Gasteiger partial charge is 0.346 e. The van der Waals surface area contributed by atoms with Gasteiger partial charge in [0.1, 0.15) is 0 Å². The van der Waals surface area contributed by atoms with Gasteiger partial charge in [0.2, 0.25) is 0 Å². The Morgan fingerprint density at radius 2 is 1.62 bits per heavy atom. The van der Waals surface area contributed by atoms with E-state index in [1.54, 1.807) is 0 Å². The molecule has 0 radical (unpaired) electrons. The zero-order chi connectivity index (χ0) is 14.4. The standard InChI is InChI=1S/C19H19OP/c1-14-17(15-9-5-3-6-10-15)21-13-19(14,2)18(20-21)16-11-7-4-8-12-16/h3-12,18H,13H2,1-2H3/t18-,19+,21?/m0/s1. The molecular formula is C19H19OP. The Morgan fingerprint density at radius 1 is 1.00 bits per heavy atom. The van der Waals surface area contributed by atoms with E-state index in [4.69, 9.17) is 4.52 Å². The van der Waals surface area contributed by atoms with Crippen LogP contribution in [0.5, 0.6) is 0 Å². The molecule has 106 valence electrons. The predicted molar refractivity (Wildman–Crippen MR) is 89.2 cm³/mol. The summed E-state index contributed by atoms with van der Waals surface area (Å²) < 4.78 is 6.49. The minimum Gasteiger partial charge on any atom is -0.346 e. The molecule has 2 aliphatic rings. The lowest BCUT2D eigenvalue weighted by Gasteiger charge is -2.33. The van der Waals surface area contributed by atoms with Gasteiger partial charge in [-0.15, -0.1) is 0 Å². The highest BCUT2D eigenvalue weighted by Crippen LogP contribution is 2.75. The number of fused-ring (bicyclic) bond motifs is 2. The van der Waals surface area contributed by atoms with Crippen LogP contribution in [-0.2, 0) is 4.52 Å². The molecule has 0 N–H and O–H groups in total. The molecule has 3 atom stereocenters. The number of benzene rings is 2. The van der Waals surface area contributed by atoms with E-state index in [0.29, 0.717) is 0 Å². The van der Waals surface area contributed by atoms with Crippen LogP contribution in [0, 0.1) is 5.41 Å². The molecule has 0 amide bonds. The zero-order valence-corrected chi connectivity index (χ0v) is 13.3. The maximum atomic E-state index is 6.49. The first-order chi connectivity index (χ1) is 10.2. The fourth-order valence-electron chi connectivity index (χ4n) is 3.58. The van der Waals surface area contributed by atoms with E-state index in [0.717, 1.165) is 6.16 Å². The van der Waals surface area contributed by atoms with Crippen LogP contribution in [0.25, 0.3) is 5.31 Å². The molecule has 4 rings (SSSR count). The molecule has 2 aliphatic heterocycles. The molecule has 21 heavy (non-hydrogen) atoms. The van der Waals surface area contributed by atoms with Crippen LogP contribution in [0.4, 0.5) is 0 Å². The monoisotopic (exact) mass is 294 g/mol. The minimum atomic E-state index is -0.480. The van der Waals surface area contributed by atoms with Crippen molar-refractivity contribution in [2.24, 2.45) is 5.41 Å². The second-order valence-electron chi connectivity index (χ2n) is 6.19. The Kier molecular flexibility index (Phi) is 3.03. The average Bonchev–Trinajstić information content (AvgIpc) is 2.99. The van der Waals surface area contributed by atoms with Crippen molar-refractivity contribution in [2.75, 3.05) is 6.16 Å². The molecule has 2 bridgehead atoms. The Hall–Kier alpha value is -1.43. The van der Waals surface area contributed by atoms with Crippen LogP contribution in [-0.4, -0.2) is 6.16 Å². The molecule has 0 saturated carbocycles. The molecule has 1 saturated heterocycles. The first-order valence-electron chi connectivity index (χ1n) is 7.46. The smallest absolute Gasteiger partial charge is 0.0967 e. The lowest BCUT2D eigenvalue weighted by molar-refractivity contribution is 0.151. The van der Waals surface area contributed by atoms with Crippen molar-refractivity contribution < 1.29 is 4.52 Å². The maximum Gasteiger partial charge on any atom is 0.0967 e. The van der Waals surface area contributed by atoms with Crippen molar-refractivity contribution >= 4 is 13.5 Å². The van der Waals surface area contributed by atoms with Crippen molar-refractivity contribution in [3.05, 3.63) is 77.4 Å². The molecule has 2 aromatic rings. The quantitative estimate of drug-likeness (QED) is 0.654. The molecule has 0 aliphatic carbocycles. The topological polar surface area (TPSA) is 9.23 Å². The molecule has 2 heteroatoms. The summed E-state index contributed by atoms with van der Waals surface area (Å²) in [5.41, 5.74) is 4.34. The molecule has 2 heterocycles. The Bertz CT molecular complexity index is 692. The van der Waals surface area contributed by atoms with Gasteiger partial charge in [-0.05, 0) is 18.1 Å². The highest BCUT2D eigenvalue weighted by atomic mass is 31.1. The fourth-order valence-corrected chi connectivity index (χ4v) is 6.59. The summed E-state index contributed by atoms with van der Waals surface area (Å²) in [4.78, 5) is 0. The summed E-state index contributed by atoms with van der Waals surface area (Å²) in [6.45, 7) is 4.68. The molecule has 2 aromatic carbocycles. The van der Waals surface area contributed by atoms with E-state index >= 15 is 0 Å². The van der Waals surface area contributed by atoms with Gasteiger partial charge in [0, 0.05) is 16.9 Å². The van der Waals surface area contributed by atoms with Gasteiger partial charge in [0.25, 0.3) is 0 Å². The van der Waals surface area contributed by atoms with Gasteiger partial charge in [-0.2, -0.15) is 0 Å².